The molecule has 6 heteroatoms. The molecule has 1 aromatic heterocycles. The Morgan fingerprint density at radius 3 is 2.69 bits per heavy atom. The number of piperazine rings is 1. The smallest absolute Gasteiger partial charge is 0.410 e. The maximum atomic E-state index is 12.4. The van der Waals surface area contributed by atoms with E-state index in [-0.39, 0.29) is 12.1 Å². The van der Waals surface area contributed by atoms with Crippen molar-refractivity contribution < 1.29 is 9.53 Å². The maximum Gasteiger partial charge on any atom is 0.410 e. The maximum absolute atomic E-state index is 12.4. The third-order valence-electron chi connectivity index (χ3n) is 4.44. The van der Waals surface area contributed by atoms with Crippen LogP contribution in [0.3, 0.4) is 0 Å². The molecule has 0 saturated carbocycles. The Bertz CT molecular complexity index is 866. The molecule has 0 radical (unpaired) electrons. The zero-order valence-electron chi connectivity index (χ0n) is 15.7. The number of aromatic nitrogens is 1. The Labute approximate surface area is 154 Å². The van der Waals surface area contributed by atoms with Crippen LogP contribution in [-0.4, -0.2) is 47.3 Å². The van der Waals surface area contributed by atoms with Gasteiger partial charge < -0.3 is 14.5 Å². The molecule has 1 fully saturated rings. The number of ether oxygens (including phenoxy) is 1. The molecule has 0 spiro atoms. The Balaban J connectivity index is 1.87. The molecule has 3 rings (SSSR count). The first-order chi connectivity index (χ1) is 12.3. The molecule has 0 bridgehead atoms. The van der Waals surface area contributed by atoms with Crippen LogP contribution in [0.5, 0.6) is 0 Å². The van der Waals surface area contributed by atoms with Gasteiger partial charge in [0, 0.05) is 37.3 Å². The second-order valence-corrected chi connectivity index (χ2v) is 7.62. The largest absolute Gasteiger partial charge is 0.444 e. The average molecular weight is 352 g/mol. The molecule has 6 nitrogen and oxygen atoms in total. The van der Waals surface area contributed by atoms with Crippen LogP contribution in [0.4, 0.5) is 10.5 Å². The number of para-hydroxylation sites is 1. The summed E-state index contributed by atoms with van der Waals surface area (Å²) in [5, 5.41) is 10.5. The van der Waals surface area contributed by atoms with E-state index in [0.717, 1.165) is 16.6 Å². The topological polar surface area (TPSA) is 69.5 Å². The fraction of sp³-hybridized carbons (Fsp3) is 0.450. The number of fused-ring (bicyclic) bond motifs is 1. The van der Waals surface area contributed by atoms with Gasteiger partial charge in [0.1, 0.15) is 11.7 Å². The lowest BCUT2D eigenvalue weighted by Crippen LogP contribution is -2.55. The van der Waals surface area contributed by atoms with Crippen LogP contribution in [-0.2, 0) is 4.74 Å². The highest BCUT2D eigenvalue weighted by molar-refractivity contribution is 5.94. The number of hydrogen-bond donors (Lipinski definition) is 0. The third-order valence-corrected chi connectivity index (χ3v) is 4.44. The van der Waals surface area contributed by atoms with Crippen molar-refractivity contribution in [2.45, 2.75) is 39.3 Å². The minimum atomic E-state index is -0.511. The summed E-state index contributed by atoms with van der Waals surface area (Å²) in [5.74, 6) is 0. The van der Waals surface area contributed by atoms with E-state index in [1.165, 1.54) is 0 Å². The molecule has 2 heterocycles. The van der Waals surface area contributed by atoms with Crippen LogP contribution in [0.15, 0.2) is 30.5 Å². The molecule has 1 atom stereocenters. The molecule has 26 heavy (non-hydrogen) atoms. The van der Waals surface area contributed by atoms with Crippen LogP contribution in [0.25, 0.3) is 10.9 Å². The summed E-state index contributed by atoms with van der Waals surface area (Å²) in [6.45, 7) is 9.45. The molecule has 0 N–H and O–H groups in total. The van der Waals surface area contributed by atoms with Gasteiger partial charge in [-0.15, -0.1) is 0 Å². The zero-order chi connectivity index (χ0) is 18.9. The van der Waals surface area contributed by atoms with Crippen LogP contribution >= 0.6 is 0 Å². The van der Waals surface area contributed by atoms with E-state index in [1.54, 1.807) is 11.1 Å². The molecular formula is C20H24N4O2. The first kappa shape index (κ1) is 18.0. The van der Waals surface area contributed by atoms with Crippen molar-refractivity contribution in [1.29, 1.82) is 5.26 Å². The SMILES string of the molecule is C[C@@H]1CN(c2c(C#N)cnc3ccccc23)CCN1C(=O)OC(C)(C)C. The normalized spacial score (nSPS) is 17.9. The number of benzene rings is 1. The summed E-state index contributed by atoms with van der Waals surface area (Å²) < 4.78 is 5.51. The van der Waals surface area contributed by atoms with E-state index in [0.29, 0.717) is 25.2 Å². The minimum absolute atomic E-state index is 0.0166. The van der Waals surface area contributed by atoms with Gasteiger partial charge in [-0.2, -0.15) is 5.26 Å². The molecule has 1 aliphatic rings. The van der Waals surface area contributed by atoms with Crippen molar-refractivity contribution in [2.75, 3.05) is 24.5 Å². The predicted octanol–water partition coefficient (Wildman–Crippen LogP) is 3.55. The Morgan fingerprint density at radius 1 is 1.31 bits per heavy atom. The van der Waals surface area contributed by atoms with E-state index < -0.39 is 5.60 Å². The summed E-state index contributed by atoms with van der Waals surface area (Å²) in [5.41, 5.74) is 1.81. The highest BCUT2D eigenvalue weighted by Crippen LogP contribution is 2.31. The van der Waals surface area contributed by atoms with Gasteiger partial charge in [-0.05, 0) is 33.8 Å². The van der Waals surface area contributed by atoms with Crippen molar-refractivity contribution in [3.63, 3.8) is 0 Å². The van der Waals surface area contributed by atoms with Crippen LogP contribution in [0.1, 0.15) is 33.3 Å². The lowest BCUT2D eigenvalue weighted by Gasteiger charge is -2.41. The van der Waals surface area contributed by atoms with E-state index in [9.17, 15) is 10.1 Å². The van der Waals surface area contributed by atoms with E-state index in [4.69, 9.17) is 4.74 Å². The lowest BCUT2D eigenvalue weighted by atomic mass is 10.1. The first-order valence-electron chi connectivity index (χ1n) is 8.82. The molecular weight excluding hydrogens is 328 g/mol. The number of carbonyl (C=O) groups excluding carboxylic acids is 1. The highest BCUT2D eigenvalue weighted by atomic mass is 16.6. The molecule has 0 unspecified atom stereocenters. The van der Waals surface area contributed by atoms with Gasteiger partial charge in [-0.25, -0.2) is 4.79 Å². The summed E-state index contributed by atoms with van der Waals surface area (Å²) in [6.07, 6.45) is 1.34. The van der Waals surface area contributed by atoms with Crippen LogP contribution < -0.4 is 4.90 Å². The second kappa shape index (κ2) is 6.83. The number of rotatable bonds is 1. The van der Waals surface area contributed by atoms with Gasteiger partial charge in [0.15, 0.2) is 0 Å². The zero-order valence-corrected chi connectivity index (χ0v) is 15.7. The number of nitriles is 1. The van der Waals surface area contributed by atoms with E-state index in [2.05, 4.69) is 16.0 Å². The number of nitrogens with zero attached hydrogens (tertiary/aromatic N) is 4. The second-order valence-electron chi connectivity index (χ2n) is 7.62. The molecule has 2 aromatic rings. The summed E-state index contributed by atoms with van der Waals surface area (Å²) in [6, 6.07) is 10.1. The van der Waals surface area contributed by atoms with Crippen molar-refractivity contribution in [1.82, 2.24) is 9.88 Å². The van der Waals surface area contributed by atoms with Crippen molar-refractivity contribution in [3.8, 4) is 6.07 Å². The minimum Gasteiger partial charge on any atom is -0.444 e. The third kappa shape index (κ3) is 3.57. The summed E-state index contributed by atoms with van der Waals surface area (Å²) in [4.78, 5) is 20.7. The van der Waals surface area contributed by atoms with Crippen molar-refractivity contribution in [3.05, 3.63) is 36.0 Å². The molecule has 1 aromatic carbocycles. The van der Waals surface area contributed by atoms with Gasteiger partial charge in [-0.3, -0.25) is 4.98 Å². The molecule has 136 valence electrons. The fourth-order valence-electron chi connectivity index (χ4n) is 3.30. The van der Waals surface area contributed by atoms with E-state index >= 15 is 0 Å². The quantitative estimate of drug-likeness (QED) is 0.785. The Hall–Kier alpha value is -2.81. The van der Waals surface area contributed by atoms with Gasteiger partial charge in [0.05, 0.1) is 16.8 Å². The number of hydrogen-bond acceptors (Lipinski definition) is 5. The monoisotopic (exact) mass is 352 g/mol. The molecule has 0 aliphatic carbocycles. The Kier molecular flexibility index (Phi) is 4.73. The number of anilines is 1. The van der Waals surface area contributed by atoms with Crippen molar-refractivity contribution >= 4 is 22.7 Å². The van der Waals surface area contributed by atoms with Gasteiger partial charge in [0.2, 0.25) is 0 Å². The first-order valence-corrected chi connectivity index (χ1v) is 8.82. The lowest BCUT2D eigenvalue weighted by molar-refractivity contribution is 0.0159. The molecule has 1 saturated heterocycles. The number of amides is 1. The van der Waals surface area contributed by atoms with Gasteiger partial charge in [0.25, 0.3) is 0 Å². The summed E-state index contributed by atoms with van der Waals surface area (Å²) >= 11 is 0. The van der Waals surface area contributed by atoms with E-state index in [1.807, 2.05) is 52.0 Å². The molecule has 1 amide bonds. The average Bonchev–Trinajstić information content (AvgIpc) is 2.59. The summed E-state index contributed by atoms with van der Waals surface area (Å²) in [7, 11) is 0. The van der Waals surface area contributed by atoms with Gasteiger partial charge in [-0.1, -0.05) is 18.2 Å². The van der Waals surface area contributed by atoms with Crippen molar-refractivity contribution in [2.24, 2.45) is 0 Å². The number of pyridine rings is 1. The fourth-order valence-corrected chi connectivity index (χ4v) is 3.30. The molecule has 1 aliphatic heterocycles. The number of carbonyl (C=O) groups is 1. The highest BCUT2D eigenvalue weighted by Gasteiger charge is 2.32. The van der Waals surface area contributed by atoms with Gasteiger partial charge >= 0.3 is 6.09 Å². The van der Waals surface area contributed by atoms with Crippen LogP contribution in [0, 0.1) is 11.3 Å². The standard InChI is InChI=1S/C20H24N4O2/c1-14-13-23(9-10-24(14)19(25)26-20(2,3)4)18-15(11-21)12-22-17-8-6-5-7-16(17)18/h5-8,12,14H,9-10,13H2,1-4H3/t14-/m1/s1. The Morgan fingerprint density at radius 2 is 2.04 bits per heavy atom. The predicted molar refractivity (Wildman–Crippen MR) is 101 cm³/mol. The van der Waals surface area contributed by atoms with Crippen LogP contribution in [0.2, 0.25) is 0 Å².